The predicted octanol–water partition coefficient (Wildman–Crippen LogP) is 4.85. The van der Waals surface area contributed by atoms with E-state index in [-0.39, 0.29) is 30.8 Å². The molecule has 1 heterocycles. The highest BCUT2D eigenvalue weighted by atomic mass is 16.5. The lowest BCUT2D eigenvalue weighted by molar-refractivity contribution is -0.123. The van der Waals surface area contributed by atoms with E-state index < -0.39 is 23.9 Å². The second-order valence-electron chi connectivity index (χ2n) is 10.7. The Labute approximate surface area is 234 Å². The number of phenols is 1. The third kappa shape index (κ3) is 5.08. The highest BCUT2D eigenvalue weighted by molar-refractivity contribution is 6.22. The number of carbonyl (C=O) groups is 2. The fraction of sp³-hybridized carbons (Fsp3) is 0.333. The Morgan fingerprint density at radius 2 is 1.73 bits per heavy atom. The molecule has 0 saturated carbocycles. The topological polar surface area (TPSA) is 107 Å². The number of ether oxygens (including phenoxy) is 1. The van der Waals surface area contributed by atoms with Gasteiger partial charge in [0.05, 0.1) is 36.8 Å². The first-order valence-electron chi connectivity index (χ1n) is 13.7. The molecule has 7 nitrogen and oxygen atoms in total. The molecule has 0 unspecified atom stereocenters. The fourth-order valence-electron chi connectivity index (χ4n) is 6.39. The van der Waals surface area contributed by atoms with Crippen LogP contribution in [0.2, 0.25) is 0 Å². The fourth-order valence-corrected chi connectivity index (χ4v) is 6.39. The van der Waals surface area contributed by atoms with E-state index in [0.717, 1.165) is 27.5 Å². The first kappa shape index (κ1) is 27.8. The van der Waals surface area contributed by atoms with E-state index >= 15 is 0 Å². The maximum Gasteiger partial charge on any atom is 0.238 e. The highest BCUT2D eigenvalue weighted by Gasteiger charge is 2.55. The Kier molecular flexibility index (Phi) is 8.17. The van der Waals surface area contributed by atoms with E-state index in [2.05, 4.69) is 6.08 Å². The second-order valence-corrected chi connectivity index (χ2v) is 10.7. The third-order valence-corrected chi connectivity index (χ3v) is 8.22. The summed E-state index contributed by atoms with van der Waals surface area (Å²) >= 11 is 0. The molecule has 3 aromatic rings. The van der Waals surface area contributed by atoms with Gasteiger partial charge < -0.3 is 20.1 Å². The van der Waals surface area contributed by atoms with Crippen LogP contribution < -0.4 is 4.90 Å². The van der Waals surface area contributed by atoms with Crippen molar-refractivity contribution in [2.24, 2.45) is 17.8 Å². The molecule has 0 aromatic heterocycles. The molecule has 1 fully saturated rings. The van der Waals surface area contributed by atoms with Crippen molar-refractivity contribution >= 4 is 34.4 Å². The summed E-state index contributed by atoms with van der Waals surface area (Å²) in [6, 6.07) is 20.1. The lowest BCUT2D eigenvalue weighted by atomic mass is 9.68. The number of methoxy groups -OCH3 is 1. The largest absolute Gasteiger partial charge is 0.507 e. The van der Waals surface area contributed by atoms with Crippen molar-refractivity contribution in [3.63, 3.8) is 0 Å². The van der Waals surface area contributed by atoms with Gasteiger partial charge in [-0.25, -0.2) is 0 Å². The van der Waals surface area contributed by atoms with Gasteiger partial charge in [-0.2, -0.15) is 0 Å². The van der Waals surface area contributed by atoms with Crippen LogP contribution in [0.4, 0.5) is 5.69 Å². The Hall–Kier alpha value is -3.78. The van der Waals surface area contributed by atoms with Crippen molar-refractivity contribution < 1.29 is 29.6 Å². The molecule has 208 valence electrons. The number of fused-ring (bicyclic) bond motifs is 2. The minimum atomic E-state index is -0.906. The van der Waals surface area contributed by atoms with Gasteiger partial charge in [-0.3, -0.25) is 14.5 Å². The lowest BCUT2D eigenvalue weighted by Crippen LogP contribution is -2.39. The van der Waals surface area contributed by atoms with Crippen molar-refractivity contribution in [3.05, 3.63) is 89.0 Å². The third-order valence-electron chi connectivity index (χ3n) is 8.22. The molecule has 3 aromatic carbocycles. The number of aromatic hydroxyl groups is 1. The summed E-state index contributed by atoms with van der Waals surface area (Å²) in [7, 11) is 1.56. The van der Waals surface area contributed by atoms with Gasteiger partial charge in [0, 0.05) is 18.4 Å². The van der Waals surface area contributed by atoms with Gasteiger partial charge in [-0.15, -0.1) is 0 Å². The minimum absolute atomic E-state index is 0.216. The van der Waals surface area contributed by atoms with Crippen molar-refractivity contribution in [1.82, 2.24) is 0 Å². The smallest absolute Gasteiger partial charge is 0.238 e. The molecule has 0 spiro atoms. The first-order chi connectivity index (χ1) is 19.3. The van der Waals surface area contributed by atoms with Crippen LogP contribution in [-0.2, 0) is 14.3 Å². The molecule has 3 N–H and O–H groups in total. The van der Waals surface area contributed by atoms with Crippen molar-refractivity contribution in [2.75, 3.05) is 25.2 Å². The number of carbonyl (C=O) groups excluding carboxylic acids is 2. The van der Waals surface area contributed by atoms with Gasteiger partial charge in [0.1, 0.15) is 5.75 Å². The number of allylic oxidation sites excluding steroid dienone is 1. The average Bonchev–Trinajstić information content (AvgIpc) is 3.22. The first-order valence-corrected chi connectivity index (χ1v) is 13.7. The SMILES string of the molecule is COCC1=C([C@H](O)CC/C(C)=C/c2ccc(O)c3ccccc23)[C@H](CO)[C@@H]2C(=O)N(c3ccccc3)C(=O)[C@@H]2C1. The minimum Gasteiger partial charge on any atom is -0.507 e. The molecular formula is C33H35NO6. The second kappa shape index (κ2) is 11.8. The summed E-state index contributed by atoms with van der Waals surface area (Å²) in [5.41, 5.74) is 3.92. The summed E-state index contributed by atoms with van der Waals surface area (Å²) in [6.45, 7) is 1.86. The molecule has 5 rings (SSSR count). The Morgan fingerprint density at radius 1 is 1.02 bits per heavy atom. The van der Waals surface area contributed by atoms with Crippen LogP contribution in [0.15, 0.2) is 83.4 Å². The number of anilines is 1. The number of imide groups is 1. The summed E-state index contributed by atoms with van der Waals surface area (Å²) in [5, 5.41) is 33.9. The normalized spacial score (nSPS) is 22.2. The van der Waals surface area contributed by atoms with E-state index in [4.69, 9.17) is 4.74 Å². The van der Waals surface area contributed by atoms with Gasteiger partial charge in [-0.1, -0.05) is 60.2 Å². The molecule has 40 heavy (non-hydrogen) atoms. The number of amides is 2. The van der Waals surface area contributed by atoms with Gasteiger partial charge >= 0.3 is 0 Å². The quantitative estimate of drug-likeness (QED) is 0.264. The van der Waals surface area contributed by atoms with Crippen LogP contribution in [-0.4, -0.2) is 53.6 Å². The number of hydrogen-bond acceptors (Lipinski definition) is 6. The summed E-state index contributed by atoms with van der Waals surface area (Å²) < 4.78 is 5.44. The standard InChI is InChI=1S/C33H35NO6/c1-20(16-21-13-15-28(36)25-11-7-6-10-24(21)25)12-14-29(37)30-22(19-40-2)17-26-31(27(30)18-35)33(39)34(32(26)38)23-8-4-3-5-9-23/h3-11,13,15-16,26-27,29,31,35-37H,12,14,17-19H2,1-2H3/b20-16+/t26-,27+,29-,31-/m1/s1. The Morgan fingerprint density at radius 3 is 2.42 bits per heavy atom. The summed E-state index contributed by atoms with van der Waals surface area (Å²) in [4.78, 5) is 28.2. The zero-order chi connectivity index (χ0) is 28.4. The van der Waals surface area contributed by atoms with E-state index in [1.807, 2.05) is 43.3 Å². The zero-order valence-corrected chi connectivity index (χ0v) is 22.8. The van der Waals surface area contributed by atoms with Gasteiger partial charge in [0.2, 0.25) is 11.8 Å². The molecule has 7 heteroatoms. The van der Waals surface area contributed by atoms with E-state index in [1.165, 1.54) is 4.90 Å². The number of rotatable bonds is 9. The number of nitrogens with zero attached hydrogens (tertiary/aromatic N) is 1. The predicted molar refractivity (Wildman–Crippen MR) is 155 cm³/mol. The van der Waals surface area contributed by atoms with Crippen LogP contribution in [0.5, 0.6) is 5.75 Å². The summed E-state index contributed by atoms with van der Waals surface area (Å²) in [6.07, 6.45) is 2.42. The number of para-hydroxylation sites is 1. The van der Waals surface area contributed by atoms with Gasteiger partial charge in [0.15, 0.2) is 0 Å². The lowest BCUT2D eigenvalue weighted by Gasteiger charge is -2.36. The number of benzene rings is 3. The van der Waals surface area contributed by atoms with Crippen LogP contribution >= 0.6 is 0 Å². The van der Waals surface area contributed by atoms with Gasteiger partial charge in [-0.05, 0) is 66.5 Å². The van der Waals surface area contributed by atoms with Crippen LogP contribution in [0, 0.1) is 17.8 Å². The van der Waals surface area contributed by atoms with Crippen molar-refractivity contribution in [3.8, 4) is 5.75 Å². The molecule has 4 atom stereocenters. The maximum absolute atomic E-state index is 13.6. The average molecular weight is 542 g/mol. The molecule has 2 amide bonds. The molecule has 2 aliphatic rings. The van der Waals surface area contributed by atoms with Gasteiger partial charge in [0.25, 0.3) is 0 Å². The molecule has 1 aliphatic carbocycles. The Bertz CT molecular complexity index is 1480. The number of hydrogen-bond donors (Lipinski definition) is 3. The molecular weight excluding hydrogens is 506 g/mol. The molecule has 0 bridgehead atoms. The van der Waals surface area contributed by atoms with E-state index in [9.17, 15) is 24.9 Å². The summed E-state index contributed by atoms with van der Waals surface area (Å²) in [5.74, 6) is -2.39. The number of aliphatic hydroxyl groups is 2. The van der Waals surface area contributed by atoms with Crippen molar-refractivity contribution in [1.29, 1.82) is 0 Å². The molecule has 1 aliphatic heterocycles. The number of phenolic OH excluding ortho intramolecular Hbond substituents is 1. The zero-order valence-electron chi connectivity index (χ0n) is 22.8. The van der Waals surface area contributed by atoms with E-state index in [0.29, 0.717) is 30.5 Å². The molecule has 0 radical (unpaired) electrons. The Balaban J connectivity index is 1.39. The van der Waals surface area contributed by atoms with Crippen LogP contribution in [0.3, 0.4) is 0 Å². The van der Waals surface area contributed by atoms with Crippen LogP contribution in [0.25, 0.3) is 16.8 Å². The van der Waals surface area contributed by atoms with Crippen LogP contribution in [0.1, 0.15) is 31.7 Å². The molecule has 1 saturated heterocycles. The maximum atomic E-state index is 13.6. The highest BCUT2D eigenvalue weighted by Crippen LogP contribution is 2.47. The van der Waals surface area contributed by atoms with E-state index in [1.54, 1.807) is 37.4 Å². The van der Waals surface area contributed by atoms with Crippen molar-refractivity contribution in [2.45, 2.75) is 32.3 Å². The number of aliphatic hydroxyl groups excluding tert-OH is 2. The monoisotopic (exact) mass is 541 g/mol.